The Morgan fingerprint density at radius 2 is 2.10 bits per heavy atom. The molecule has 1 N–H and O–H groups in total. The Morgan fingerprint density at radius 3 is 2.76 bits per heavy atom. The number of hydrogen-bond acceptors (Lipinski definition) is 3. The maximum absolute atomic E-state index is 11.5. The molecular formula is C22H24Cl2N2O2S. The molecule has 0 amide bonds. The quantitative estimate of drug-likeness (QED) is 0.399. The van der Waals surface area contributed by atoms with Gasteiger partial charge in [0.1, 0.15) is 5.82 Å². The van der Waals surface area contributed by atoms with Crippen LogP contribution in [-0.2, 0) is 24.2 Å². The molecule has 0 atom stereocenters. The highest BCUT2D eigenvalue weighted by Crippen LogP contribution is 2.26. The van der Waals surface area contributed by atoms with Crippen molar-refractivity contribution in [2.24, 2.45) is 0 Å². The van der Waals surface area contributed by atoms with E-state index in [0.717, 1.165) is 47.5 Å². The fraction of sp³-hybridized carbons (Fsp3) is 0.273. The van der Waals surface area contributed by atoms with Gasteiger partial charge in [-0.1, -0.05) is 43.1 Å². The number of thiophene rings is 1. The third-order valence-electron chi connectivity index (χ3n) is 4.58. The molecule has 3 aromatic rings. The minimum absolute atomic E-state index is 0. The Bertz CT molecular complexity index is 965. The van der Waals surface area contributed by atoms with Crippen LogP contribution in [0, 0.1) is 0 Å². The van der Waals surface area contributed by atoms with Gasteiger partial charge in [-0.05, 0) is 46.0 Å². The first-order chi connectivity index (χ1) is 13.6. The average molecular weight is 451 g/mol. The number of carbonyl (C=O) groups is 1. The van der Waals surface area contributed by atoms with E-state index < -0.39 is 5.97 Å². The number of benzene rings is 1. The van der Waals surface area contributed by atoms with Crippen LogP contribution in [-0.4, -0.2) is 20.6 Å². The first-order valence-electron chi connectivity index (χ1n) is 9.31. The fourth-order valence-electron chi connectivity index (χ4n) is 3.16. The lowest BCUT2D eigenvalue weighted by atomic mass is 10.0. The average Bonchev–Trinajstić information content (AvgIpc) is 3.31. The van der Waals surface area contributed by atoms with Crippen molar-refractivity contribution in [3.05, 3.63) is 81.0 Å². The third kappa shape index (κ3) is 6.20. The number of aryl methyl sites for hydroxylation is 1. The van der Waals surface area contributed by atoms with Crippen LogP contribution in [0.4, 0.5) is 0 Å². The summed E-state index contributed by atoms with van der Waals surface area (Å²) in [6.07, 6.45) is 6.59. The molecule has 0 aliphatic carbocycles. The molecule has 3 rings (SSSR count). The fourth-order valence-corrected chi connectivity index (χ4v) is 4.02. The van der Waals surface area contributed by atoms with Gasteiger partial charge in [0.25, 0.3) is 0 Å². The van der Waals surface area contributed by atoms with Gasteiger partial charge in [0.15, 0.2) is 0 Å². The van der Waals surface area contributed by atoms with Gasteiger partial charge in [0, 0.05) is 23.9 Å². The van der Waals surface area contributed by atoms with E-state index in [1.165, 1.54) is 6.08 Å². The first kappa shape index (κ1) is 23.2. The van der Waals surface area contributed by atoms with Crippen molar-refractivity contribution >= 4 is 46.9 Å². The Morgan fingerprint density at radius 1 is 1.31 bits per heavy atom. The van der Waals surface area contributed by atoms with Gasteiger partial charge in [-0.3, -0.25) is 0 Å². The number of imidazole rings is 1. The van der Waals surface area contributed by atoms with E-state index in [9.17, 15) is 9.90 Å². The molecule has 4 nitrogen and oxygen atoms in total. The van der Waals surface area contributed by atoms with Crippen molar-refractivity contribution in [3.8, 4) is 0 Å². The SMILES string of the molecule is CCCCc1ncc(/C(=C/C(=O)O)Cc2ccsc2)n1Cc1ccccc1Cl.Cl. The van der Waals surface area contributed by atoms with Crippen LogP contribution in [0.5, 0.6) is 0 Å². The van der Waals surface area contributed by atoms with Crippen molar-refractivity contribution in [2.45, 2.75) is 39.2 Å². The number of aromatic nitrogens is 2. The summed E-state index contributed by atoms with van der Waals surface area (Å²) in [5, 5.41) is 14.2. The van der Waals surface area contributed by atoms with E-state index in [2.05, 4.69) is 16.5 Å². The molecule has 1 aromatic carbocycles. The second kappa shape index (κ2) is 11.2. The van der Waals surface area contributed by atoms with Crippen molar-refractivity contribution in [1.82, 2.24) is 9.55 Å². The smallest absolute Gasteiger partial charge is 0.328 e. The normalized spacial score (nSPS) is 11.3. The second-order valence-electron chi connectivity index (χ2n) is 6.66. The summed E-state index contributed by atoms with van der Waals surface area (Å²) in [7, 11) is 0. The number of allylic oxidation sites excluding steroid dienone is 1. The summed E-state index contributed by atoms with van der Waals surface area (Å²) in [6, 6.07) is 9.76. The molecule has 0 fully saturated rings. The number of carboxylic acid groups (broad SMARTS) is 1. The predicted molar refractivity (Wildman–Crippen MR) is 122 cm³/mol. The van der Waals surface area contributed by atoms with E-state index in [1.54, 1.807) is 17.5 Å². The lowest BCUT2D eigenvalue weighted by molar-refractivity contribution is -0.131. The van der Waals surface area contributed by atoms with Crippen molar-refractivity contribution in [1.29, 1.82) is 0 Å². The van der Waals surface area contributed by atoms with Crippen LogP contribution in [0.3, 0.4) is 0 Å². The van der Waals surface area contributed by atoms with Crippen molar-refractivity contribution < 1.29 is 9.90 Å². The lowest BCUT2D eigenvalue weighted by Gasteiger charge is -2.15. The minimum Gasteiger partial charge on any atom is -0.478 e. The van der Waals surface area contributed by atoms with Gasteiger partial charge in [-0.15, -0.1) is 12.4 Å². The number of unbranched alkanes of at least 4 members (excludes halogenated alkanes) is 1. The largest absolute Gasteiger partial charge is 0.478 e. The van der Waals surface area contributed by atoms with Gasteiger partial charge < -0.3 is 9.67 Å². The Balaban J connectivity index is 0.00000300. The standard InChI is InChI=1S/C22H23ClN2O2S.ClH/c1-2-3-8-21-24-13-20(25(21)14-17-6-4-5-7-19(17)23)18(12-22(26)27)11-16-9-10-28-15-16;/h4-7,9-10,12-13,15H,2-3,8,11,14H2,1H3,(H,26,27);1H/b18-12+;. The van der Waals surface area contributed by atoms with Crippen LogP contribution in [0.25, 0.3) is 5.57 Å². The van der Waals surface area contributed by atoms with Crippen LogP contribution in [0.2, 0.25) is 5.02 Å². The molecule has 0 spiro atoms. The van der Waals surface area contributed by atoms with Crippen LogP contribution in [0.1, 0.15) is 42.4 Å². The zero-order chi connectivity index (χ0) is 19.9. The summed E-state index contributed by atoms with van der Waals surface area (Å²) in [6.45, 7) is 2.71. The summed E-state index contributed by atoms with van der Waals surface area (Å²) in [5.74, 6) is 0.00390. The highest BCUT2D eigenvalue weighted by atomic mass is 35.5. The molecule has 154 valence electrons. The van der Waals surface area contributed by atoms with Crippen LogP contribution in [0.15, 0.2) is 53.4 Å². The van der Waals surface area contributed by atoms with Crippen LogP contribution < -0.4 is 0 Å². The molecule has 29 heavy (non-hydrogen) atoms. The molecular weight excluding hydrogens is 427 g/mol. The van der Waals surface area contributed by atoms with Gasteiger partial charge in [0.05, 0.1) is 18.4 Å². The Kier molecular flexibility index (Phi) is 8.96. The number of aliphatic carboxylic acids is 1. The molecule has 0 aliphatic rings. The molecule has 2 heterocycles. The lowest BCUT2D eigenvalue weighted by Crippen LogP contribution is -2.10. The van der Waals surface area contributed by atoms with Gasteiger partial charge in [-0.2, -0.15) is 11.3 Å². The van der Waals surface area contributed by atoms with E-state index in [0.29, 0.717) is 18.0 Å². The van der Waals surface area contributed by atoms with Crippen molar-refractivity contribution in [3.63, 3.8) is 0 Å². The van der Waals surface area contributed by atoms with E-state index in [4.69, 9.17) is 11.6 Å². The molecule has 0 radical (unpaired) electrons. The highest BCUT2D eigenvalue weighted by Gasteiger charge is 2.16. The number of carboxylic acids is 1. The number of halogens is 2. The van der Waals surface area contributed by atoms with Crippen molar-refractivity contribution in [2.75, 3.05) is 0 Å². The molecule has 0 unspecified atom stereocenters. The molecule has 0 bridgehead atoms. The monoisotopic (exact) mass is 450 g/mol. The molecule has 0 saturated heterocycles. The number of rotatable bonds is 9. The molecule has 0 aliphatic heterocycles. The predicted octanol–water partition coefficient (Wildman–Crippen LogP) is 6.12. The van der Waals surface area contributed by atoms with Gasteiger partial charge >= 0.3 is 5.97 Å². The summed E-state index contributed by atoms with van der Waals surface area (Å²) < 4.78 is 2.11. The number of hydrogen-bond donors (Lipinski definition) is 1. The zero-order valence-corrected chi connectivity index (χ0v) is 18.6. The van der Waals surface area contributed by atoms with E-state index >= 15 is 0 Å². The van der Waals surface area contributed by atoms with Crippen LogP contribution >= 0.6 is 35.3 Å². The third-order valence-corrected chi connectivity index (χ3v) is 5.68. The summed E-state index contributed by atoms with van der Waals surface area (Å²) in [5.41, 5.74) is 3.66. The topological polar surface area (TPSA) is 55.1 Å². The Hall–Kier alpha value is -2.08. The first-order valence-corrected chi connectivity index (χ1v) is 10.6. The summed E-state index contributed by atoms with van der Waals surface area (Å²) in [4.78, 5) is 16.1. The van der Waals surface area contributed by atoms with E-state index in [1.807, 2.05) is 41.1 Å². The molecule has 2 aromatic heterocycles. The molecule has 7 heteroatoms. The minimum atomic E-state index is -0.953. The second-order valence-corrected chi connectivity index (χ2v) is 7.84. The Labute approximate surface area is 186 Å². The van der Waals surface area contributed by atoms with E-state index in [-0.39, 0.29) is 12.4 Å². The summed E-state index contributed by atoms with van der Waals surface area (Å²) >= 11 is 7.99. The zero-order valence-electron chi connectivity index (χ0n) is 16.2. The van der Waals surface area contributed by atoms with Gasteiger partial charge in [-0.25, -0.2) is 9.78 Å². The number of nitrogens with zero attached hydrogens (tertiary/aromatic N) is 2. The molecule has 0 saturated carbocycles. The van der Waals surface area contributed by atoms with Gasteiger partial charge in [0.2, 0.25) is 0 Å². The highest BCUT2D eigenvalue weighted by molar-refractivity contribution is 7.07. The maximum Gasteiger partial charge on any atom is 0.328 e. The maximum atomic E-state index is 11.5.